The Bertz CT molecular complexity index is 900. The van der Waals surface area contributed by atoms with Gasteiger partial charge in [-0.05, 0) is 37.1 Å². The number of Topliss-reactive ketones (excluding diaryl/α,β-unsaturated/α-hetero) is 2. The van der Waals surface area contributed by atoms with Crippen LogP contribution in [0.5, 0.6) is 0 Å². The van der Waals surface area contributed by atoms with E-state index < -0.39 is 35.6 Å². The van der Waals surface area contributed by atoms with E-state index in [4.69, 9.17) is 9.47 Å². The summed E-state index contributed by atoms with van der Waals surface area (Å²) in [7, 11) is 1.21. The van der Waals surface area contributed by atoms with Crippen LogP contribution >= 0.6 is 0 Å². The number of methoxy groups -OCH3 is 1. The van der Waals surface area contributed by atoms with Gasteiger partial charge in [-0.3, -0.25) is 19.2 Å². The van der Waals surface area contributed by atoms with Crippen molar-refractivity contribution in [2.24, 2.45) is 17.8 Å². The SMILES string of the molecule is CCC(=O)C(CC(=O)OC)CC(=O)C(C)NC(=O)C(COCCOC(=O)c1ccc(F)cc1)C(C)C. The van der Waals surface area contributed by atoms with E-state index in [0.29, 0.717) is 0 Å². The molecule has 0 saturated heterocycles. The Morgan fingerprint density at radius 2 is 1.58 bits per heavy atom. The van der Waals surface area contributed by atoms with Gasteiger partial charge >= 0.3 is 11.9 Å². The number of esters is 2. The number of hydrogen-bond acceptors (Lipinski definition) is 8. The molecule has 1 aromatic rings. The van der Waals surface area contributed by atoms with E-state index in [1.54, 1.807) is 6.92 Å². The molecule has 10 heteroatoms. The molecule has 36 heavy (non-hydrogen) atoms. The van der Waals surface area contributed by atoms with E-state index in [-0.39, 0.29) is 68.0 Å². The molecular formula is C26H36FNO8. The number of benzene rings is 1. The molecule has 1 N–H and O–H groups in total. The van der Waals surface area contributed by atoms with Gasteiger partial charge in [0.15, 0.2) is 5.78 Å². The maximum Gasteiger partial charge on any atom is 0.338 e. The van der Waals surface area contributed by atoms with Crippen molar-refractivity contribution in [2.45, 2.75) is 53.0 Å². The first-order valence-corrected chi connectivity index (χ1v) is 11.9. The molecule has 9 nitrogen and oxygen atoms in total. The topological polar surface area (TPSA) is 125 Å². The molecule has 0 aromatic heterocycles. The molecular weight excluding hydrogens is 473 g/mol. The molecule has 0 fully saturated rings. The van der Waals surface area contributed by atoms with Crippen LogP contribution in [-0.2, 0) is 33.4 Å². The molecule has 0 spiro atoms. The van der Waals surface area contributed by atoms with Gasteiger partial charge in [0.2, 0.25) is 5.91 Å². The summed E-state index contributed by atoms with van der Waals surface area (Å²) in [5, 5.41) is 2.66. The fourth-order valence-corrected chi connectivity index (χ4v) is 3.34. The van der Waals surface area contributed by atoms with E-state index in [1.165, 1.54) is 26.2 Å². The number of hydrogen-bond donors (Lipinski definition) is 1. The van der Waals surface area contributed by atoms with E-state index >= 15 is 0 Å². The monoisotopic (exact) mass is 509 g/mol. The minimum absolute atomic E-state index is 0.0395. The molecule has 1 amide bonds. The summed E-state index contributed by atoms with van der Waals surface area (Å²) in [6, 6.07) is 4.09. The van der Waals surface area contributed by atoms with E-state index in [1.807, 2.05) is 13.8 Å². The third-order valence-corrected chi connectivity index (χ3v) is 5.71. The van der Waals surface area contributed by atoms with Crippen LogP contribution < -0.4 is 5.32 Å². The lowest BCUT2D eigenvalue weighted by Crippen LogP contribution is -2.45. The molecule has 3 atom stereocenters. The van der Waals surface area contributed by atoms with Crippen molar-refractivity contribution in [3.8, 4) is 0 Å². The first-order valence-electron chi connectivity index (χ1n) is 11.9. The highest BCUT2D eigenvalue weighted by atomic mass is 19.1. The van der Waals surface area contributed by atoms with Gasteiger partial charge < -0.3 is 19.5 Å². The average molecular weight is 510 g/mol. The third-order valence-electron chi connectivity index (χ3n) is 5.71. The molecule has 1 aromatic carbocycles. The van der Waals surface area contributed by atoms with Crippen molar-refractivity contribution >= 4 is 29.4 Å². The molecule has 0 aliphatic carbocycles. The summed E-state index contributed by atoms with van der Waals surface area (Å²) in [6.07, 6.45) is -0.184. The lowest BCUT2D eigenvalue weighted by Gasteiger charge is -2.23. The zero-order chi connectivity index (χ0) is 27.3. The van der Waals surface area contributed by atoms with Gasteiger partial charge in [-0.2, -0.15) is 0 Å². The van der Waals surface area contributed by atoms with E-state index in [2.05, 4.69) is 10.1 Å². The van der Waals surface area contributed by atoms with Crippen molar-refractivity contribution in [1.82, 2.24) is 5.32 Å². The summed E-state index contributed by atoms with van der Waals surface area (Å²) < 4.78 is 28.1. The molecule has 0 aliphatic heterocycles. The molecule has 3 unspecified atom stereocenters. The van der Waals surface area contributed by atoms with Crippen LogP contribution in [0.2, 0.25) is 0 Å². The molecule has 0 bridgehead atoms. The maximum atomic E-state index is 12.9. The number of nitrogens with one attached hydrogen (secondary N) is 1. The summed E-state index contributed by atoms with van der Waals surface area (Å²) in [6.45, 7) is 6.88. The number of amides is 1. The zero-order valence-electron chi connectivity index (χ0n) is 21.5. The number of ketones is 2. The summed E-state index contributed by atoms with van der Waals surface area (Å²) in [5.74, 6) is -4.10. The Balaban J connectivity index is 2.54. The summed E-state index contributed by atoms with van der Waals surface area (Å²) in [4.78, 5) is 61.1. The molecule has 200 valence electrons. The lowest BCUT2D eigenvalue weighted by atomic mass is 9.90. The fraction of sp³-hybridized carbons (Fsp3) is 0.577. The van der Waals surface area contributed by atoms with Crippen LogP contribution in [0.25, 0.3) is 0 Å². The van der Waals surface area contributed by atoms with Gasteiger partial charge in [-0.25, -0.2) is 9.18 Å². The normalized spacial score (nSPS) is 13.4. The third kappa shape index (κ3) is 10.6. The Hall–Kier alpha value is -3.14. The second-order valence-corrected chi connectivity index (χ2v) is 8.77. The van der Waals surface area contributed by atoms with Crippen molar-refractivity contribution in [2.75, 3.05) is 26.9 Å². The summed E-state index contributed by atoms with van der Waals surface area (Å²) >= 11 is 0. The standard InChI is InChI=1S/C26H36FNO8/c1-6-22(29)19(14-24(31)34-5)13-23(30)17(4)28-25(32)21(16(2)3)15-35-11-12-36-26(33)18-7-9-20(27)10-8-18/h7-10,16-17,19,21H,6,11-15H2,1-5H3,(H,28,32). The first kappa shape index (κ1) is 30.9. The van der Waals surface area contributed by atoms with Crippen molar-refractivity contribution in [3.05, 3.63) is 35.6 Å². The fourth-order valence-electron chi connectivity index (χ4n) is 3.34. The number of carbonyl (C=O) groups is 5. The average Bonchev–Trinajstić information content (AvgIpc) is 2.84. The van der Waals surface area contributed by atoms with E-state index in [9.17, 15) is 28.4 Å². The van der Waals surface area contributed by atoms with Gasteiger partial charge in [0.05, 0.1) is 44.3 Å². The summed E-state index contributed by atoms with van der Waals surface area (Å²) in [5.41, 5.74) is 0.212. The van der Waals surface area contributed by atoms with Crippen LogP contribution in [0.3, 0.4) is 0 Å². The molecule has 0 heterocycles. The number of carbonyl (C=O) groups excluding carboxylic acids is 5. The van der Waals surface area contributed by atoms with Crippen molar-refractivity contribution in [1.29, 1.82) is 0 Å². The highest BCUT2D eigenvalue weighted by Gasteiger charge is 2.29. The van der Waals surface area contributed by atoms with Gasteiger partial charge in [-0.1, -0.05) is 20.8 Å². The second-order valence-electron chi connectivity index (χ2n) is 8.77. The predicted molar refractivity (Wildman–Crippen MR) is 128 cm³/mol. The van der Waals surface area contributed by atoms with Crippen molar-refractivity contribution < 1.29 is 42.6 Å². The largest absolute Gasteiger partial charge is 0.469 e. The van der Waals surface area contributed by atoms with Gasteiger partial charge in [-0.15, -0.1) is 0 Å². The van der Waals surface area contributed by atoms with Gasteiger partial charge in [0, 0.05) is 18.8 Å². The second kappa shape index (κ2) is 15.8. The Labute approximate surface area is 211 Å². The minimum Gasteiger partial charge on any atom is -0.469 e. The lowest BCUT2D eigenvalue weighted by molar-refractivity contribution is -0.144. The van der Waals surface area contributed by atoms with Crippen LogP contribution in [0.4, 0.5) is 4.39 Å². The quantitative estimate of drug-likeness (QED) is 0.266. The smallest absolute Gasteiger partial charge is 0.338 e. The number of ether oxygens (including phenoxy) is 3. The zero-order valence-corrected chi connectivity index (χ0v) is 21.5. The Morgan fingerprint density at radius 1 is 0.944 bits per heavy atom. The molecule has 0 aliphatic rings. The first-order chi connectivity index (χ1) is 17.0. The number of halogens is 1. The molecule has 0 radical (unpaired) electrons. The van der Waals surface area contributed by atoms with Gasteiger partial charge in [0.1, 0.15) is 18.2 Å². The highest BCUT2D eigenvalue weighted by molar-refractivity contribution is 5.94. The van der Waals surface area contributed by atoms with Gasteiger partial charge in [0.25, 0.3) is 0 Å². The molecule has 1 rings (SSSR count). The van der Waals surface area contributed by atoms with Crippen LogP contribution in [-0.4, -0.2) is 62.4 Å². The highest BCUT2D eigenvalue weighted by Crippen LogP contribution is 2.16. The Morgan fingerprint density at radius 3 is 2.14 bits per heavy atom. The Kier molecular flexibility index (Phi) is 13.5. The maximum absolute atomic E-state index is 12.9. The predicted octanol–water partition coefficient (Wildman–Crippen LogP) is 2.89. The van der Waals surface area contributed by atoms with Crippen LogP contribution in [0, 0.1) is 23.6 Å². The van der Waals surface area contributed by atoms with Crippen molar-refractivity contribution in [3.63, 3.8) is 0 Å². The van der Waals surface area contributed by atoms with Crippen LogP contribution in [0.1, 0.15) is 57.3 Å². The molecule has 0 saturated carbocycles. The number of rotatable bonds is 16. The minimum atomic E-state index is -0.861. The van der Waals surface area contributed by atoms with Crippen LogP contribution in [0.15, 0.2) is 24.3 Å². The van der Waals surface area contributed by atoms with E-state index in [0.717, 1.165) is 12.1 Å².